The summed E-state index contributed by atoms with van der Waals surface area (Å²) in [5.41, 5.74) is -0.195. The Morgan fingerprint density at radius 2 is 1.86 bits per heavy atom. The average Bonchev–Trinajstić information content (AvgIpc) is 2.92. The van der Waals surface area contributed by atoms with Crippen LogP contribution in [0.15, 0.2) is 18.1 Å². The minimum absolute atomic E-state index is 0.385. The van der Waals surface area contributed by atoms with Gasteiger partial charge in [0.05, 0.1) is 17.4 Å². The van der Waals surface area contributed by atoms with Gasteiger partial charge >= 0.3 is 7.12 Å². The minimum Gasteiger partial charge on any atom is -0.398 e. The summed E-state index contributed by atoms with van der Waals surface area (Å²) >= 11 is 0. The summed E-state index contributed by atoms with van der Waals surface area (Å²) in [6.45, 7) is 12.3. The summed E-state index contributed by atoms with van der Waals surface area (Å²) in [7, 11) is -0.954. The van der Waals surface area contributed by atoms with Gasteiger partial charge in [0.15, 0.2) is 0 Å². The van der Waals surface area contributed by atoms with Crippen molar-refractivity contribution in [3.05, 3.63) is 23.7 Å². The molecular formula is C15H24BFN2O2. The van der Waals surface area contributed by atoms with E-state index in [4.69, 9.17) is 9.31 Å². The Morgan fingerprint density at radius 3 is 2.38 bits per heavy atom. The van der Waals surface area contributed by atoms with Crippen molar-refractivity contribution in [3.8, 4) is 0 Å². The molecule has 0 bridgehead atoms. The summed E-state index contributed by atoms with van der Waals surface area (Å²) in [5, 5.41) is 4.23. The van der Waals surface area contributed by atoms with Gasteiger partial charge in [-0.3, -0.25) is 4.68 Å². The first-order valence-electron chi connectivity index (χ1n) is 7.42. The molecule has 2 rings (SSSR count). The van der Waals surface area contributed by atoms with Crippen molar-refractivity contribution < 1.29 is 13.7 Å². The molecule has 116 valence electrons. The Bertz CT molecular complexity index is 536. The number of nitrogens with zero attached hydrogens (tertiary/aromatic N) is 2. The maximum absolute atomic E-state index is 14.7. The van der Waals surface area contributed by atoms with Gasteiger partial charge in [-0.2, -0.15) is 5.10 Å². The molecule has 0 unspecified atom stereocenters. The van der Waals surface area contributed by atoms with Gasteiger partial charge in [-0.05, 0) is 46.6 Å². The molecule has 0 aromatic carbocycles. The lowest BCUT2D eigenvalue weighted by Crippen LogP contribution is -2.41. The van der Waals surface area contributed by atoms with Crippen LogP contribution in [0.2, 0.25) is 0 Å². The van der Waals surface area contributed by atoms with Crippen molar-refractivity contribution in [1.29, 1.82) is 0 Å². The van der Waals surface area contributed by atoms with Crippen LogP contribution in [-0.4, -0.2) is 28.1 Å². The minimum atomic E-state index is -0.954. The highest BCUT2D eigenvalue weighted by atomic mass is 19.1. The van der Waals surface area contributed by atoms with Crippen LogP contribution in [0.3, 0.4) is 0 Å². The van der Waals surface area contributed by atoms with Gasteiger partial charge < -0.3 is 9.31 Å². The maximum Gasteiger partial charge on any atom is 0.525 e. The Balaban J connectivity index is 2.23. The van der Waals surface area contributed by atoms with E-state index in [1.54, 1.807) is 13.1 Å². The van der Waals surface area contributed by atoms with Gasteiger partial charge in [0.1, 0.15) is 5.73 Å². The van der Waals surface area contributed by atoms with Gasteiger partial charge in [0, 0.05) is 18.3 Å². The molecular weight excluding hydrogens is 270 g/mol. The maximum atomic E-state index is 14.7. The van der Waals surface area contributed by atoms with E-state index in [1.165, 1.54) is 0 Å². The topological polar surface area (TPSA) is 36.3 Å². The van der Waals surface area contributed by atoms with E-state index in [9.17, 15) is 4.39 Å². The molecule has 0 saturated carbocycles. The van der Waals surface area contributed by atoms with E-state index in [-0.39, 0.29) is 5.73 Å². The van der Waals surface area contributed by atoms with Gasteiger partial charge in [-0.1, -0.05) is 6.92 Å². The third kappa shape index (κ3) is 3.06. The first-order chi connectivity index (χ1) is 9.68. The predicted octanol–water partition coefficient (Wildman–Crippen LogP) is 3.63. The lowest BCUT2D eigenvalue weighted by Gasteiger charge is -2.32. The molecule has 0 aliphatic carbocycles. The van der Waals surface area contributed by atoms with Crippen LogP contribution >= 0.6 is 0 Å². The molecule has 0 radical (unpaired) electrons. The van der Waals surface area contributed by atoms with Crippen molar-refractivity contribution in [2.75, 3.05) is 0 Å². The molecule has 1 aliphatic rings. The second-order valence-corrected chi connectivity index (χ2v) is 6.55. The zero-order valence-corrected chi connectivity index (χ0v) is 13.7. The summed E-state index contributed by atoms with van der Waals surface area (Å²) in [6, 6.07) is 0. The van der Waals surface area contributed by atoms with Crippen molar-refractivity contribution >= 4 is 12.7 Å². The van der Waals surface area contributed by atoms with Crippen molar-refractivity contribution in [2.45, 2.75) is 65.7 Å². The number of hydrogen-bond acceptors (Lipinski definition) is 3. The molecule has 2 heterocycles. The number of allylic oxidation sites excluding steroid dienone is 1. The smallest absolute Gasteiger partial charge is 0.398 e. The van der Waals surface area contributed by atoms with E-state index in [0.29, 0.717) is 5.57 Å². The number of aryl methyl sites for hydroxylation is 1. The summed E-state index contributed by atoms with van der Waals surface area (Å²) in [4.78, 5) is 0. The molecule has 1 aromatic rings. The Morgan fingerprint density at radius 1 is 1.29 bits per heavy atom. The van der Waals surface area contributed by atoms with E-state index in [1.807, 2.05) is 38.6 Å². The number of hydrogen-bond donors (Lipinski definition) is 0. The van der Waals surface area contributed by atoms with Crippen LogP contribution in [0, 0.1) is 0 Å². The second-order valence-electron chi connectivity index (χ2n) is 6.55. The first kappa shape index (κ1) is 16.2. The molecule has 0 amide bonds. The summed E-state index contributed by atoms with van der Waals surface area (Å²) < 4.78 is 28.0. The lowest BCUT2D eigenvalue weighted by atomic mass is 9.84. The number of aromatic nitrogens is 2. The third-order valence-corrected chi connectivity index (χ3v) is 4.34. The van der Waals surface area contributed by atoms with Crippen molar-refractivity contribution in [3.63, 3.8) is 0 Å². The van der Waals surface area contributed by atoms with Crippen molar-refractivity contribution in [1.82, 2.24) is 9.78 Å². The molecule has 1 fully saturated rings. The Hall–Kier alpha value is -1.14. The largest absolute Gasteiger partial charge is 0.525 e. The Labute approximate surface area is 126 Å². The van der Waals surface area contributed by atoms with Crippen LogP contribution in [-0.2, 0) is 15.9 Å². The normalized spacial score (nSPS) is 21.6. The highest BCUT2D eigenvalue weighted by Gasteiger charge is 2.53. The fourth-order valence-corrected chi connectivity index (χ4v) is 2.17. The summed E-state index contributed by atoms with van der Waals surface area (Å²) in [6.07, 6.45) is 4.52. The molecule has 1 aliphatic heterocycles. The van der Waals surface area contributed by atoms with Crippen LogP contribution in [0.5, 0.6) is 0 Å². The predicted molar refractivity (Wildman–Crippen MR) is 82.3 cm³/mol. The molecule has 4 nitrogen and oxygen atoms in total. The quantitative estimate of drug-likeness (QED) is 0.796. The van der Waals surface area contributed by atoms with E-state index in [0.717, 1.165) is 18.5 Å². The van der Waals surface area contributed by atoms with Crippen LogP contribution in [0.4, 0.5) is 4.39 Å². The molecule has 6 heteroatoms. The average molecular weight is 294 g/mol. The highest BCUT2D eigenvalue weighted by Crippen LogP contribution is 2.40. The standard InChI is InChI=1S/C15H24BFN2O2/c1-7-8-19-10-12(9-18-19)11(2)13(17)16-20-14(3,4)15(5,6)21-16/h9-10H,7-8H2,1-6H3. The molecule has 1 saturated heterocycles. The van der Waals surface area contributed by atoms with Crippen molar-refractivity contribution in [2.24, 2.45) is 0 Å². The fraction of sp³-hybridized carbons (Fsp3) is 0.667. The second kappa shape index (κ2) is 5.57. The zero-order chi connectivity index (χ0) is 15.8. The lowest BCUT2D eigenvalue weighted by molar-refractivity contribution is 0.00578. The van der Waals surface area contributed by atoms with Crippen LogP contribution in [0.25, 0.3) is 5.57 Å². The molecule has 1 aromatic heterocycles. The van der Waals surface area contributed by atoms with Gasteiger partial charge in [-0.15, -0.1) is 0 Å². The van der Waals surface area contributed by atoms with Gasteiger partial charge in [-0.25, -0.2) is 4.39 Å². The molecule has 21 heavy (non-hydrogen) atoms. The van der Waals surface area contributed by atoms with E-state index < -0.39 is 18.3 Å². The molecule has 0 atom stereocenters. The molecule has 0 spiro atoms. The summed E-state index contributed by atoms with van der Waals surface area (Å²) in [5.74, 6) is 0. The first-order valence-corrected chi connectivity index (χ1v) is 7.42. The monoisotopic (exact) mass is 294 g/mol. The van der Waals surface area contributed by atoms with Crippen LogP contribution in [0.1, 0.15) is 53.5 Å². The van der Waals surface area contributed by atoms with Gasteiger partial charge in [0.2, 0.25) is 0 Å². The zero-order valence-electron chi connectivity index (χ0n) is 13.7. The van der Waals surface area contributed by atoms with Gasteiger partial charge in [0.25, 0.3) is 0 Å². The fourth-order valence-electron chi connectivity index (χ4n) is 2.17. The molecule has 0 N–H and O–H groups in total. The van der Waals surface area contributed by atoms with Crippen LogP contribution < -0.4 is 0 Å². The number of halogens is 1. The Kier molecular flexibility index (Phi) is 4.31. The van der Waals surface area contributed by atoms with E-state index in [2.05, 4.69) is 12.0 Å². The third-order valence-electron chi connectivity index (χ3n) is 4.34. The van der Waals surface area contributed by atoms with E-state index >= 15 is 0 Å². The highest BCUT2D eigenvalue weighted by molar-refractivity contribution is 6.55. The number of rotatable bonds is 4. The SMILES string of the molecule is CCCn1cc(C(C)=C(F)B2OC(C)(C)C(C)(C)O2)cn1.